The van der Waals surface area contributed by atoms with Crippen molar-refractivity contribution in [3.63, 3.8) is 0 Å². The summed E-state index contributed by atoms with van der Waals surface area (Å²) in [6.45, 7) is 0. The van der Waals surface area contributed by atoms with Crippen molar-refractivity contribution in [1.82, 2.24) is 10.2 Å². The molecule has 1 amide bonds. The number of carbonyl (C=O) groups excluding carboxylic acids is 2. The molecule has 8 atom stereocenters. The minimum atomic E-state index is -0.603. The van der Waals surface area contributed by atoms with Gasteiger partial charge in [-0.25, -0.2) is 0 Å². The van der Waals surface area contributed by atoms with Crippen molar-refractivity contribution in [2.45, 2.75) is 99.9 Å². The van der Waals surface area contributed by atoms with Crippen LogP contribution in [0, 0.1) is 34.5 Å². The lowest BCUT2D eigenvalue weighted by Gasteiger charge is -2.63. The molecule has 7 rings (SSSR count). The van der Waals surface area contributed by atoms with Gasteiger partial charge in [-0.05, 0) is 101 Å². The summed E-state index contributed by atoms with van der Waals surface area (Å²) in [5, 5.41) is 12.8. The second-order valence-electron chi connectivity index (χ2n) is 11.7. The molecule has 3 N–H and O–H groups in total. The van der Waals surface area contributed by atoms with Gasteiger partial charge in [-0.3, -0.25) is 9.59 Å². The van der Waals surface area contributed by atoms with Gasteiger partial charge in [-0.1, -0.05) is 0 Å². The van der Waals surface area contributed by atoms with Crippen molar-refractivity contribution in [2.24, 2.45) is 28.9 Å². The molecule has 7 fully saturated rings. The number of piperidine rings is 1. The minimum absolute atomic E-state index is 0.0364. The number of hydrogen-bond donors (Lipinski definition) is 2. The van der Waals surface area contributed by atoms with E-state index >= 15 is 0 Å². The Morgan fingerprint density at radius 1 is 1.16 bits per heavy atom. The number of ether oxygens (including phenoxy) is 1. The standard InChI is InChI=1S/C24H34N4O3/c1-27-24(3-2-4-24)21(30)31-23-10-14-5-15(11-23)9-22(8-14,13-23)19(26)20(29)28-17(12-25)6-16-7-18(16)28/h14-19,27H,2-11,13,26H2,1H3/t14-,15?,16?,17-,18?,19+,22?,23?/m0/s1. The average Bonchev–Trinajstić information content (AvgIpc) is 3.34. The summed E-state index contributed by atoms with van der Waals surface area (Å²) in [7, 11) is 1.85. The van der Waals surface area contributed by atoms with Crippen molar-refractivity contribution in [3.8, 4) is 6.07 Å². The van der Waals surface area contributed by atoms with Crippen molar-refractivity contribution in [2.75, 3.05) is 7.05 Å². The van der Waals surface area contributed by atoms with E-state index in [0.717, 1.165) is 64.2 Å². The Kier molecular flexibility index (Phi) is 4.16. The molecule has 0 radical (unpaired) electrons. The van der Waals surface area contributed by atoms with E-state index in [1.54, 1.807) is 0 Å². The molecule has 7 aliphatic rings. The lowest BCUT2D eigenvalue weighted by molar-refractivity contribution is -0.213. The Bertz CT molecular complexity index is 842. The first kappa shape index (κ1) is 20.0. The molecule has 0 spiro atoms. The molecular formula is C24H34N4O3. The summed E-state index contributed by atoms with van der Waals surface area (Å²) in [5.41, 5.74) is 5.48. The fourth-order valence-corrected chi connectivity index (χ4v) is 8.42. The molecular weight excluding hydrogens is 392 g/mol. The number of fused-ring (bicyclic) bond motifs is 1. The van der Waals surface area contributed by atoms with Crippen molar-refractivity contribution < 1.29 is 14.3 Å². The molecule has 5 unspecified atom stereocenters. The fourth-order valence-electron chi connectivity index (χ4n) is 8.42. The number of hydrogen-bond acceptors (Lipinski definition) is 6. The quantitative estimate of drug-likeness (QED) is 0.650. The highest BCUT2D eigenvalue weighted by Crippen LogP contribution is 2.64. The van der Waals surface area contributed by atoms with E-state index in [4.69, 9.17) is 10.5 Å². The van der Waals surface area contributed by atoms with Gasteiger partial charge in [0.15, 0.2) is 0 Å². The maximum atomic E-state index is 13.6. The summed E-state index contributed by atoms with van der Waals surface area (Å²) in [4.78, 5) is 28.6. The second-order valence-corrected chi connectivity index (χ2v) is 11.7. The summed E-state index contributed by atoms with van der Waals surface area (Å²) >= 11 is 0. The summed E-state index contributed by atoms with van der Waals surface area (Å²) in [6.07, 6.45) is 10.1. The second kappa shape index (κ2) is 6.45. The average molecular weight is 427 g/mol. The first-order valence-corrected chi connectivity index (χ1v) is 12.2. The highest BCUT2D eigenvalue weighted by Gasteiger charge is 2.65. The molecule has 168 valence electrons. The zero-order valence-electron chi connectivity index (χ0n) is 18.4. The SMILES string of the molecule is CNC1(C(=O)OC23CC4C[C@H](C2)CC([C@H](N)C(=O)N2C5CC5C[C@H]2C#N)(C4)C3)CCC1. The largest absolute Gasteiger partial charge is 0.458 e. The molecule has 6 aliphatic carbocycles. The highest BCUT2D eigenvalue weighted by atomic mass is 16.6. The lowest BCUT2D eigenvalue weighted by Crippen LogP contribution is -2.67. The van der Waals surface area contributed by atoms with Crippen LogP contribution in [0.25, 0.3) is 0 Å². The van der Waals surface area contributed by atoms with Crippen molar-refractivity contribution >= 4 is 11.9 Å². The molecule has 0 aromatic carbocycles. The van der Waals surface area contributed by atoms with Crippen molar-refractivity contribution in [1.29, 1.82) is 5.26 Å². The van der Waals surface area contributed by atoms with E-state index in [2.05, 4.69) is 11.4 Å². The van der Waals surface area contributed by atoms with Crippen LogP contribution >= 0.6 is 0 Å². The number of nitrogens with two attached hydrogens (primary N) is 1. The minimum Gasteiger partial charge on any atom is -0.458 e. The van der Waals surface area contributed by atoms with Gasteiger partial charge in [0, 0.05) is 6.04 Å². The Balaban J connectivity index is 1.25. The Labute approximate surface area is 184 Å². The molecule has 7 heteroatoms. The Hall–Kier alpha value is -1.65. The van der Waals surface area contributed by atoms with E-state index in [1.165, 1.54) is 0 Å². The molecule has 0 aromatic rings. The van der Waals surface area contributed by atoms with Gasteiger partial charge in [-0.15, -0.1) is 0 Å². The van der Waals surface area contributed by atoms with Crippen LogP contribution in [0.5, 0.6) is 0 Å². The lowest BCUT2D eigenvalue weighted by atomic mass is 9.46. The van der Waals surface area contributed by atoms with Crippen LogP contribution in [-0.2, 0) is 14.3 Å². The maximum absolute atomic E-state index is 13.6. The molecule has 0 aromatic heterocycles. The molecule has 1 aliphatic heterocycles. The normalized spacial score (nSPS) is 46.6. The zero-order valence-corrected chi connectivity index (χ0v) is 18.4. The van der Waals surface area contributed by atoms with E-state index in [0.29, 0.717) is 24.2 Å². The van der Waals surface area contributed by atoms with E-state index in [-0.39, 0.29) is 29.4 Å². The topological polar surface area (TPSA) is 108 Å². The molecule has 6 saturated carbocycles. The van der Waals surface area contributed by atoms with Gasteiger partial charge >= 0.3 is 5.97 Å². The van der Waals surface area contributed by atoms with Gasteiger partial charge in [-0.2, -0.15) is 5.26 Å². The van der Waals surface area contributed by atoms with Crippen LogP contribution in [0.15, 0.2) is 0 Å². The maximum Gasteiger partial charge on any atom is 0.326 e. The fraction of sp³-hybridized carbons (Fsp3) is 0.875. The van der Waals surface area contributed by atoms with Crippen LogP contribution in [0.4, 0.5) is 0 Å². The molecule has 4 bridgehead atoms. The monoisotopic (exact) mass is 426 g/mol. The first-order valence-electron chi connectivity index (χ1n) is 12.2. The Morgan fingerprint density at radius 2 is 1.87 bits per heavy atom. The predicted molar refractivity (Wildman–Crippen MR) is 112 cm³/mol. The van der Waals surface area contributed by atoms with E-state index in [1.807, 2.05) is 11.9 Å². The molecule has 1 heterocycles. The first-order chi connectivity index (χ1) is 14.8. The summed E-state index contributed by atoms with van der Waals surface area (Å²) < 4.78 is 6.37. The summed E-state index contributed by atoms with van der Waals surface area (Å²) in [6, 6.07) is 1.62. The third-order valence-corrected chi connectivity index (χ3v) is 9.87. The molecule has 1 saturated heterocycles. The van der Waals surface area contributed by atoms with Crippen LogP contribution in [-0.4, -0.2) is 53.1 Å². The van der Waals surface area contributed by atoms with Crippen LogP contribution in [0.1, 0.15) is 70.6 Å². The van der Waals surface area contributed by atoms with Gasteiger partial charge in [0.1, 0.15) is 17.2 Å². The highest BCUT2D eigenvalue weighted by molar-refractivity contribution is 5.85. The van der Waals surface area contributed by atoms with Gasteiger partial charge in [0.05, 0.1) is 12.1 Å². The van der Waals surface area contributed by atoms with Crippen LogP contribution < -0.4 is 11.1 Å². The smallest absolute Gasteiger partial charge is 0.326 e. The number of likely N-dealkylation sites (N-methyl/N-ethyl adjacent to an activating group) is 1. The van der Waals surface area contributed by atoms with Crippen LogP contribution in [0.2, 0.25) is 0 Å². The van der Waals surface area contributed by atoms with Gasteiger partial charge < -0.3 is 20.7 Å². The number of amides is 1. The van der Waals surface area contributed by atoms with E-state index in [9.17, 15) is 14.9 Å². The summed E-state index contributed by atoms with van der Waals surface area (Å²) in [5.74, 6) is 1.29. The number of nitriles is 1. The van der Waals surface area contributed by atoms with Gasteiger partial charge in [0.2, 0.25) is 5.91 Å². The number of nitrogens with one attached hydrogen (secondary N) is 1. The third kappa shape index (κ3) is 2.77. The number of nitrogens with zero attached hydrogens (tertiary/aromatic N) is 2. The number of rotatable bonds is 5. The number of esters is 1. The number of likely N-dealkylation sites (tertiary alicyclic amines) is 1. The van der Waals surface area contributed by atoms with Crippen molar-refractivity contribution in [3.05, 3.63) is 0 Å². The zero-order chi connectivity index (χ0) is 21.6. The molecule has 31 heavy (non-hydrogen) atoms. The van der Waals surface area contributed by atoms with Gasteiger partial charge in [0.25, 0.3) is 0 Å². The third-order valence-electron chi connectivity index (χ3n) is 9.87. The van der Waals surface area contributed by atoms with Crippen LogP contribution in [0.3, 0.4) is 0 Å². The number of carbonyl (C=O) groups is 2. The predicted octanol–water partition coefficient (Wildman–Crippen LogP) is 1.85. The van der Waals surface area contributed by atoms with E-state index < -0.39 is 17.2 Å². The Morgan fingerprint density at radius 3 is 2.45 bits per heavy atom. The molecule has 7 nitrogen and oxygen atoms in total.